The molecule has 2 aromatic rings. The standard InChI is InChI=1S/C15H15N3O2/c1-18(15(19)12-10-16-7-8-17-12)13-6-9-20-14-5-3-2-4-11(13)14/h2-5,7-8,10,13H,6,9H2,1H3. The fraction of sp³-hybridized carbons (Fsp3) is 0.267. The maximum atomic E-state index is 12.4. The summed E-state index contributed by atoms with van der Waals surface area (Å²) in [4.78, 5) is 22.2. The molecule has 1 aromatic heterocycles. The first kappa shape index (κ1) is 12.6. The Labute approximate surface area is 117 Å². The second-order valence-electron chi connectivity index (χ2n) is 4.70. The van der Waals surface area contributed by atoms with E-state index in [2.05, 4.69) is 9.97 Å². The van der Waals surface area contributed by atoms with Crippen molar-refractivity contribution >= 4 is 5.91 Å². The highest BCUT2D eigenvalue weighted by atomic mass is 16.5. The molecule has 1 amide bonds. The number of aromatic nitrogens is 2. The highest BCUT2D eigenvalue weighted by Crippen LogP contribution is 2.35. The van der Waals surface area contributed by atoms with E-state index in [0.29, 0.717) is 12.3 Å². The van der Waals surface area contributed by atoms with E-state index < -0.39 is 0 Å². The van der Waals surface area contributed by atoms with Crippen LogP contribution in [0.5, 0.6) is 5.75 Å². The molecule has 1 aromatic carbocycles. The lowest BCUT2D eigenvalue weighted by molar-refractivity contribution is 0.0680. The van der Waals surface area contributed by atoms with Gasteiger partial charge in [0.05, 0.1) is 18.8 Å². The van der Waals surface area contributed by atoms with Crippen molar-refractivity contribution in [1.29, 1.82) is 0 Å². The van der Waals surface area contributed by atoms with Crippen molar-refractivity contribution in [2.24, 2.45) is 0 Å². The van der Waals surface area contributed by atoms with E-state index in [1.165, 1.54) is 12.4 Å². The van der Waals surface area contributed by atoms with Crippen molar-refractivity contribution in [3.63, 3.8) is 0 Å². The van der Waals surface area contributed by atoms with E-state index in [0.717, 1.165) is 17.7 Å². The van der Waals surface area contributed by atoms with Crippen LogP contribution in [0.3, 0.4) is 0 Å². The second kappa shape index (κ2) is 5.28. The van der Waals surface area contributed by atoms with Crippen LogP contribution >= 0.6 is 0 Å². The van der Waals surface area contributed by atoms with Gasteiger partial charge >= 0.3 is 0 Å². The lowest BCUT2D eigenvalue weighted by Gasteiger charge is -2.32. The summed E-state index contributed by atoms with van der Waals surface area (Å²) in [6.45, 7) is 0.611. The summed E-state index contributed by atoms with van der Waals surface area (Å²) in [5.41, 5.74) is 1.40. The number of carbonyl (C=O) groups excluding carboxylic acids is 1. The van der Waals surface area contributed by atoms with E-state index >= 15 is 0 Å². The third-order valence-electron chi connectivity index (χ3n) is 3.50. The fourth-order valence-electron chi connectivity index (χ4n) is 2.46. The molecule has 5 nitrogen and oxygen atoms in total. The Morgan fingerprint density at radius 3 is 3.00 bits per heavy atom. The van der Waals surface area contributed by atoms with Crippen molar-refractivity contribution < 1.29 is 9.53 Å². The topological polar surface area (TPSA) is 55.3 Å². The van der Waals surface area contributed by atoms with Gasteiger partial charge in [-0.25, -0.2) is 4.98 Å². The van der Waals surface area contributed by atoms with Gasteiger partial charge in [-0.05, 0) is 6.07 Å². The molecule has 0 fully saturated rings. The van der Waals surface area contributed by atoms with Crippen molar-refractivity contribution in [2.45, 2.75) is 12.5 Å². The van der Waals surface area contributed by atoms with Gasteiger partial charge in [0.1, 0.15) is 11.4 Å². The normalized spacial score (nSPS) is 16.9. The molecule has 0 radical (unpaired) electrons. The summed E-state index contributed by atoms with van der Waals surface area (Å²) >= 11 is 0. The Morgan fingerprint density at radius 1 is 1.35 bits per heavy atom. The molecular weight excluding hydrogens is 254 g/mol. The van der Waals surface area contributed by atoms with Gasteiger partial charge in [-0.15, -0.1) is 0 Å². The van der Waals surface area contributed by atoms with Crippen LogP contribution in [0.2, 0.25) is 0 Å². The van der Waals surface area contributed by atoms with Gasteiger partial charge in [0.15, 0.2) is 0 Å². The molecule has 1 atom stereocenters. The van der Waals surface area contributed by atoms with E-state index in [1.54, 1.807) is 18.1 Å². The van der Waals surface area contributed by atoms with Crippen molar-refractivity contribution in [2.75, 3.05) is 13.7 Å². The van der Waals surface area contributed by atoms with Gasteiger partial charge in [0.2, 0.25) is 0 Å². The van der Waals surface area contributed by atoms with Gasteiger partial charge < -0.3 is 9.64 Å². The Kier molecular flexibility index (Phi) is 3.33. The SMILES string of the molecule is CN(C(=O)c1cnccn1)C1CCOc2ccccc21. The molecular formula is C15H15N3O2. The number of nitrogens with zero attached hydrogens (tertiary/aromatic N) is 3. The average molecular weight is 269 g/mol. The van der Waals surface area contributed by atoms with E-state index in [-0.39, 0.29) is 11.9 Å². The molecule has 0 aliphatic carbocycles. The highest BCUT2D eigenvalue weighted by Gasteiger charge is 2.28. The van der Waals surface area contributed by atoms with Gasteiger partial charge in [0.25, 0.3) is 5.91 Å². The minimum absolute atomic E-state index is 0.00876. The minimum Gasteiger partial charge on any atom is -0.493 e. The number of fused-ring (bicyclic) bond motifs is 1. The molecule has 102 valence electrons. The molecule has 5 heteroatoms. The van der Waals surface area contributed by atoms with Crippen LogP contribution in [0.4, 0.5) is 0 Å². The number of carbonyl (C=O) groups is 1. The molecule has 1 aliphatic rings. The Balaban J connectivity index is 1.89. The van der Waals surface area contributed by atoms with Crippen LogP contribution in [0.1, 0.15) is 28.5 Å². The quantitative estimate of drug-likeness (QED) is 0.837. The number of benzene rings is 1. The van der Waals surface area contributed by atoms with Crippen LogP contribution in [0.15, 0.2) is 42.9 Å². The summed E-state index contributed by atoms with van der Waals surface area (Å²) < 4.78 is 5.62. The first-order valence-electron chi connectivity index (χ1n) is 6.52. The number of hydrogen-bond acceptors (Lipinski definition) is 4. The van der Waals surface area contributed by atoms with Crippen LogP contribution in [-0.4, -0.2) is 34.4 Å². The summed E-state index contributed by atoms with van der Waals surface area (Å²) in [6.07, 6.45) is 5.35. The largest absolute Gasteiger partial charge is 0.493 e. The van der Waals surface area contributed by atoms with Crippen LogP contribution < -0.4 is 4.74 Å². The van der Waals surface area contributed by atoms with E-state index in [4.69, 9.17) is 4.74 Å². The molecule has 2 heterocycles. The third kappa shape index (κ3) is 2.22. The summed E-state index contributed by atoms with van der Waals surface area (Å²) in [7, 11) is 1.80. The second-order valence-corrected chi connectivity index (χ2v) is 4.70. The molecule has 0 saturated heterocycles. The van der Waals surface area contributed by atoms with Crippen LogP contribution in [0.25, 0.3) is 0 Å². The molecule has 1 unspecified atom stereocenters. The lowest BCUT2D eigenvalue weighted by atomic mass is 9.99. The zero-order valence-electron chi connectivity index (χ0n) is 11.2. The number of hydrogen-bond donors (Lipinski definition) is 0. The number of ether oxygens (including phenoxy) is 1. The zero-order valence-corrected chi connectivity index (χ0v) is 11.2. The molecule has 0 N–H and O–H groups in total. The molecule has 0 spiro atoms. The smallest absolute Gasteiger partial charge is 0.274 e. The number of rotatable bonds is 2. The average Bonchev–Trinajstić information content (AvgIpc) is 2.54. The van der Waals surface area contributed by atoms with Crippen molar-refractivity contribution in [3.8, 4) is 5.75 Å². The Hall–Kier alpha value is -2.43. The minimum atomic E-state index is -0.125. The monoisotopic (exact) mass is 269 g/mol. The van der Waals surface area contributed by atoms with Crippen LogP contribution in [-0.2, 0) is 0 Å². The molecule has 3 rings (SSSR count). The Bertz CT molecular complexity index is 616. The lowest BCUT2D eigenvalue weighted by Crippen LogP contribution is -2.34. The number of amides is 1. The predicted octanol–water partition coefficient (Wildman–Crippen LogP) is 2.07. The summed E-state index contributed by atoms with van der Waals surface area (Å²) in [5.74, 6) is 0.724. The maximum absolute atomic E-state index is 12.4. The van der Waals surface area contributed by atoms with E-state index in [9.17, 15) is 4.79 Å². The molecule has 0 bridgehead atoms. The van der Waals surface area contributed by atoms with Crippen molar-refractivity contribution in [1.82, 2.24) is 14.9 Å². The molecule has 20 heavy (non-hydrogen) atoms. The maximum Gasteiger partial charge on any atom is 0.274 e. The zero-order chi connectivity index (χ0) is 13.9. The molecule has 0 saturated carbocycles. The highest BCUT2D eigenvalue weighted by molar-refractivity contribution is 5.92. The van der Waals surface area contributed by atoms with Crippen molar-refractivity contribution in [3.05, 3.63) is 54.1 Å². The summed E-state index contributed by atoms with van der Waals surface area (Å²) in [6, 6.07) is 7.84. The fourth-order valence-corrected chi connectivity index (χ4v) is 2.46. The summed E-state index contributed by atoms with van der Waals surface area (Å²) in [5, 5.41) is 0. The first-order chi connectivity index (χ1) is 9.77. The van der Waals surface area contributed by atoms with Gasteiger partial charge in [-0.2, -0.15) is 0 Å². The van der Waals surface area contributed by atoms with E-state index in [1.807, 2.05) is 24.3 Å². The molecule has 1 aliphatic heterocycles. The van der Waals surface area contributed by atoms with Gasteiger partial charge in [0, 0.05) is 31.4 Å². The number of para-hydroxylation sites is 1. The first-order valence-corrected chi connectivity index (χ1v) is 6.52. The van der Waals surface area contributed by atoms with Crippen LogP contribution in [0, 0.1) is 0 Å². The van der Waals surface area contributed by atoms with Gasteiger partial charge in [-0.3, -0.25) is 9.78 Å². The Morgan fingerprint density at radius 2 is 2.20 bits per heavy atom. The van der Waals surface area contributed by atoms with Gasteiger partial charge in [-0.1, -0.05) is 18.2 Å². The third-order valence-corrected chi connectivity index (χ3v) is 3.50. The predicted molar refractivity (Wildman–Crippen MR) is 73.4 cm³/mol.